The summed E-state index contributed by atoms with van der Waals surface area (Å²) in [4.78, 5) is 29.4. The van der Waals surface area contributed by atoms with Gasteiger partial charge < -0.3 is 15.0 Å². The molecule has 0 amide bonds. The second-order valence-electron chi connectivity index (χ2n) is 8.01. The third-order valence-electron chi connectivity index (χ3n) is 5.70. The van der Waals surface area contributed by atoms with Gasteiger partial charge in [-0.1, -0.05) is 32.0 Å². The monoisotopic (exact) mass is 424 g/mol. The number of carbonyl (C=O) groups is 2. The minimum atomic E-state index is -1.09. The van der Waals surface area contributed by atoms with E-state index in [4.69, 9.17) is 4.74 Å². The number of Topliss-reactive ketones (excluding diaryl/α,β-unsaturated/α-hetero) is 1. The fourth-order valence-electron chi connectivity index (χ4n) is 4.19. The van der Waals surface area contributed by atoms with Crippen molar-refractivity contribution in [3.8, 4) is 0 Å². The van der Waals surface area contributed by atoms with Crippen molar-refractivity contribution < 1.29 is 23.1 Å². The van der Waals surface area contributed by atoms with Crippen molar-refractivity contribution in [3.63, 3.8) is 0 Å². The van der Waals surface area contributed by atoms with Crippen LogP contribution in [0.1, 0.15) is 42.4 Å². The van der Waals surface area contributed by atoms with E-state index in [0.29, 0.717) is 5.69 Å². The van der Waals surface area contributed by atoms with Crippen LogP contribution in [0.15, 0.2) is 48.7 Å². The molecule has 1 aliphatic heterocycles. The normalized spacial score (nSPS) is 17.3. The van der Waals surface area contributed by atoms with Crippen LogP contribution in [0.5, 0.6) is 0 Å². The molecule has 0 saturated carbocycles. The zero-order valence-electron chi connectivity index (χ0n) is 17.4. The molecular formula is C24H22F2N2O3. The van der Waals surface area contributed by atoms with Crippen LogP contribution in [0.25, 0.3) is 16.5 Å². The van der Waals surface area contributed by atoms with Gasteiger partial charge in [0.1, 0.15) is 0 Å². The van der Waals surface area contributed by atoms with Gasteiger partial charge in [-0.2, -0.15) is 0 Å². The Morgan fingerprint density at radius 1 is 1.10 bits per heavy atom. The Morgan fingerprint density at radius 3 is 2.55 bits per heavy atom. The summed E-state index contributed by atoms with van der Waals surface area (Å²) < 4.78 is 32.4. The molecule has 2 heterocycles. The molecule has 160 valence electrons. The number of para-hydroxylation sites is 1. The molecular weight excluding hydrogens is 402 g/mol. The van der Waals surface area contributed by atoms with Gasteiger partial charge >= 0.3 is 5.97 Å². The maximum Gasteiger partial charge on any atom is 0.341 e. The Morgan fingerprint density at radius 2 is 1.84 bits per heavy atom. The van der Waals surface area contributed by atoms with E-state index in [-0.39, 0.29) is 17.7 Å². The van der Waals surface area contributed by atoms with E-state index in [1.54, 1.807) is 6.92 Å². The van der Waals surface area contributed by atoms with Crippen molar-refractivity contribution in [2.75, 3.05) is 6.61 Å². The Labute approximate surface area is 178 Å². The zero-order valence-corrected chi connectivity index (χ0v) is 17.4. The summed E-state index contributed by atoms with van der Waals surface area (Å²) >= 11 is 0. The van der Waals surface area contributed by atoms with Crippen LogP contribution in [-0.2, 0) is 14.9 Å². The molecule has 0 saturated heterocycles. The third kappa shape index (κ3) is 3.40. The highest BCUT2D eigenvalue weighted by molar-refractivity contribution is 6.18. The number of aromatic amines is 1. The Balaban J connectivity index is 1.91. The molecule has 0 fully saturated rings. The van der Waals surface area contributed by atoms with Gasteiger partial charge in [-0.05, 0) is 36.8 Å². The van der Waals surface area contributed by atoms with Crippen molar-refractivity contribution in [3.05, 3.63) is 77.1 Å². The van der Waals surface area contributed by atoms with Gasteiger partial charge in [0.05, 0.1) is 23.9 Å². The lowest BCUT2D eigenvalue weighted by Crippen LogP contribution is -2.48. The van der Waals surface area contributed by atoms with Crippen molar-refractivity contribution >= 4 is 28.2 Å². The summed E-state index contributed by atoms with van der Waals surface area (Å²) in [5.74, 6) is -3.05. The smallest absolute Gasteiger partial charge is 0.341 e. The van der Waals surface area contributed by atoms with Gasteiger partial charge in [0.2, 0.25) is 0 Å². The number of ketones is 1. The first kappa shape index (κ1) is 20.8. The number of ether oxygens (including phenoxy) is 1. The number of rotatable bonds is 4. The largest absolute Gasteiger partial charge is 0.462 e. The summed E-state index contributed by atoms with van der Waals surface area (Å²) in [6.07, 6.45) is 1.46. The highest BCUT2D eigenvalue weighted by Gasteiger charge is 2.43. The van der Waals surface area contributed by atoms with Gasteiger partial charge in [0, 0.05) is 28.1 Å². The summed E-state index contributed by atoms with van der Waals surface area (Å²) in [6.45, 7) is 5.67. The molecule has 0 radical (unpaired) electrons. The number of hydrogen-bond acceptors (Lipinski definition) is 4. The summed E-state index contributed by atoms with van der Waals surface area (Å²) in [5.41, 5.74) is 1.64. The number of benzene rings is 2. The minimum absolute atomic E-state index is 0.0406. The third-order valence-corrected chi connectivity index (χ3v) is 5.70. The molecule has 31 heavy (non-hydrogen) atoms. The summed E-state index contributed by atoms with van der Waals surface area (Å²) in [6, 6.07) is 9.81. The van der Waals surface area contributed by atoms with E-state index in [1.807, 2.05) is 38.1 Å². The predicted molar refractivity (Wildman–Crippen MR) is 114 cm³/mol. The number of hydrogen-bond donors (Lipinski definition) is 2. The molecule has 2 N–H and O–H groups in total. The summed E-state index contributed by atoms with van der Waals surface area (Å²) in [7, 11) is 0. The molecule has 2 aromatic carbocycles. The molecule has 0 aliphatic carbocycles. The number of fused-ring (bicyclic) bond motifs is 3. The standard InChI is InChI=1S/C24H22F2N2O3/c1-4-31-23(30)15-12-27-22(21(29)13-9-10-16(25)17(26)11-13)24(2,3)19-14-7-5-6-8-18(14)28-20(15)19/h5-12,22,27-28H,4H2,1-3H3. The van der Waals surface area contributed by atoms with Crippen molar-refractivity contribution in [1.29, 1.82) is 0 Å². The Hall–Kier alpha value is -3.48. The van der Waals surface area contributed by atoms with E-state index in [0.717, 1.165) is 28.6 Å². The van der Waals surface area contributed by atoms with Gasteiger partial charge in [-0.3, -0.25) is 4.79 Å². The average molecular weight is 424 g/mol. The van der Waals surface area contributed by atoms with Crippen LogP contribution in [0, 0.1) is 11.6 Å². The van der Waals surface area contributed by atoms with Crippen LogP contribution >= 0.6 is 0 Å². The van der Waals surface area contributed by atoms with Gasteiger partial charge in [0.15, 0.2) is 17.4 Å². The first-order valence-electron chi connectivity index (χ1n) is 9.99. The van der Waals surface area contributed by atoms with Crippen LogP contribution in [-0.4, -0.2) is 29.4 Å². The second-order valence-corrected chi connectivity index (χ2v) is 8.01. The lowest BCUT2D eigenvalue weighted by molar-refractivity contribution is -0.136. The zero-order chi connectivity index (χ0) is 22.3. The molecule has 1 unspecified atom stereocenters. The maximum atomic E-state index is 13.8. The molecule has 4 rings (SSSR count). The lowest BCUT2D eigenvalue weighted by Gasteiger charge is -2.33. The van der Waals surface area contributed by atoms with E-state index in [1.165, 1.54) is 12.3 Å². The molecule has 3 aromatic rings. The topological polar surface area (TPSA) is 71.2 Å². The van der Waals surface area contributed by atoms with Crippen LogP contribution in [0.4, 0.5) is 8.78 Å². The molecule has 1 aliphatic rings. The molecule has 0 spiro atoms. The SMILES string of the molecule is CCOC(=O)C1=CNC(C(=O)c2ccc(F)c(F)c2)C(C)(C)c2c1[nH]c1ccccc21. The lowest BCUT2D eigenvalue weighted by atomic mass is 9.73. The van der Waals surface area contributed by atoms with Crippen molar-refractivity contribution in [2.45, 2.75) is 32.2 Å². The first-order valence-corrected chi connectivity index (χ1v) is 9.99. The molecule has 5 nitrogen and oxygen atoms in total. The Kier molecular flexibility index (Phi) is 5.13. The molecule has 7 heteroatoms. The highest BCUT2D eigenvalue weighted by Crippen LogP contribution is 2.41. The Bertz CT molecular complexity index is 1230. The fraction of sp³-hybridized carbons (Fsp3) is 0.250. The van der Waals surface area contributed by atoms with E-state index in [9.17, 15) is 18.4 Å². The van der Waals surface area contributed by atoms with Gasteiger partial charge in [0.25, 0.3) is 0 Å². The quantitative estimate of drug-likeness (QED) is 0.479. The molecule has 1 atom stereocenters. The van der Waals surface area contributed by atoms with Gasteiger partial charge in [-0.25, -0.2) is 13.6 Å². The number of carbonyl (C=O) groups excluding carboxylic acids is 2. The van der Waals surface area contributed by atoms with Crippen LogP contribution < -0.4 is 5.32 Å². The first-order chi connectivity index (χ1) is 14.8. The molecule has 1 aromatic heterocycles. The summed E-state index contributed by atoms with van der Waals surface area (Å²) in [5, 5.41) is 3.91. The van der Waals surface area contributed by atoms with Gasteiger partial charge in [-0.15, -0.1) is 0 Å². The fourth-order valence-corrected chi connectivity index (χ4v) is 4.19. The number of halogens is 2. The number of nitrogens with one attached hydrogen (secondary N) is 2. The van der Waals surface area contributed by atoms with E-state index >= 15 is 0 Å². The van der Waals surface area contributed by atoms with E-state index < -0.39 is 34.8 Å². The number of H-pyrrole nitrogens is 1. The highest BCUT2D eigenvalue weighted by atomic mass is 19.2. The number of esters is 1. The maximum absolute atomic E-state index is 13.8. The van der Waals surface area contributed by atoms with E-state index in [2.05, 4.69) is 10.3 Å². The van der Waals surface area contributed by atoms with Crippen molar-refractivity contribution in [2.24, 2.45) is 0 Å². The minimum Gasteiger partial charge on any atom is -0.462 e. The van der Waals surface area contributed by atoms with Crippen molar-refractivity contribution in [1.82, 2.24) is 10.3 Å². The van der Waals surface area contributed by atoms with Crippen LogP contribution in [0.3, 0.4) is 0 Å². The van der Waals surface area contributed by atoms with Crippen LogP contribution in [0.2, 0.25) is 0 Å². The number of aromatic nitrogens is 1. The second kappa shape index (κ2) is 7.65. The predicted octanol–water partition coefficient (Wildman–Crippen LogP) is 4.48. The molecule has 0 bridgehead atoms. The average Bonchev–Trinajstić information content (AvgIpc) is 3.07.